The number of nitro groups is 1. The standard InChI is InChI=1S/C15H18N2O3/c1-9-2-4-12(8-14(9)17(19)20)15(18)16-13-7-10-3-5-11(13)6-10/h2,4,8,10-11,13H,3,5-7H2,1H3,(H,16,18)/t10-,11-,13+/m0/s1. The van der Waals surface area contributed by atoms with Crippen LogP contribution in [0.5, 0.6) is 0 Å². The summed E-state index contributed by atoms with van der Waals surface area (Å²) in [4.78, 5) is 22.7. The monoisotopic (exact) mass is 274 g/mol. The quantitative estimate of drug-likeness (QED) is 0.680. The van der Waals surface area contributed by atoms with Gasteiger partial charge in [-0.2, -0.15) is 0 Å². The topological polar surface area (TPSA) is 72.2 Å². The fourth-order valence-corrected chi connectivity index (χ4v) is 3.62. The fourth-order valence-electron chi connectivity index (χ4n) is 3.62. The van der Waals surface area contributed by atoms with E-state index in [1.165, 1.54) is 25.3 Å². The number of nitrogens with one attached hydrogen (secondary N) is 1. The van der Waals surface area contributed by atoms with Gasteiger partial charge in [0.15, 0.2) is 0 Å². The lowest BCUT2D eigenvalue weighted by atomic mass is 9.95. The Labute approximate surface area is 117 Å². The zero-order valence-electron chi connectivity index (χ0n) is 11.5. The van der Waals surface area contributed by atoms with Gasteiger partial charge >= 0.3 is 0 Å². The van der Waals surface area contributed by atoms with Gasteiger partial charge < -0.3 is 5.32 Å². The molecule has 0 saturated heterocycles. The van der Waals surface area contributed by atoms with Crippen LogP contribution in [0.4, 0.5) is 5.69 Å². The normalized spacial score (nSPS) is 27.6. The van der Waals surface area contributed by atoms with Crippen LogP contribution in [0.3, 0.4) is 0 Å². The van der Waals surface area contributed by atoms with E-state index in [0.29, 0.717) is 17.0 Å². The molecule has 1 N–H and O–H groups in total. The molecule has 0 unspecified atom stereocenters. The zero-order valence-corrected chi connectivity index (χ0v) is 11.5. The molecule has 0 aliphatic heterocycles. The van der Waals surface area contributed by atoms with Crippen LogP contribution in [0.2, 0.25) is 0 Å². The van der Waals surface area contributed by atoms with Crippen LogP contribution in [-0.4, -0.2) is 16.9 Å². The van der Waals surface area contributed by atoms with Gasteiger partial charge in [0.05, 0.1) is 4.92 Å². The number of amides is 1. The van der Waals surface area contributed by atoms with Gasteiger partial charge in [-0.15, -0.1) is 0 Å². The molecule has 2 fully saturated rings. The number of fused-ring (bicyclic) bond motifs is 2. The van der Waals surface area contributed by atoms with Crippen molar-refractivity contribution in [2.45, 2.75) is 38.6 Å². The van der Waals surface area contributed by atoms with Crippen LogP contribution in [0.1, 0.15) is 41.6 Å². The molecule has 3 atom stereocenters. The molecular formula is C15H18N2O3. The van der Waals surface area contributed by atoms with E-state index in [0.717, 1.165) is 12.3 Å². The Morgan fingerprint density at radius 3 is 2.75 bits per heavy atom. The summed E-state index contributed by atoms with van der Waals surface area (Å²) in [6, 6.07) is 4.91. The zero-order chi connectivity index (χ0) is 14.3. The summed E-state index contributed by atoms with van der Waals surface area (Å²) in [6.45, 7) is 1.68. The molecular weight excluding hydrogens is 256 g/mol. The molecule has 106 valence electrons. The van der Waals surface area contributed by atoms with Crippen LogP contribution in [-0.2, 0) is 0 Å². The van der Waals surface area contributed by atoms with Crippen LogP contribution < -0.4 is 5.32 Å². The Bertz CT molecular complexity index is 570. The van der Waals surface area contributed by atoms with Crippen molar-refractivity contribution >= 4 is 11.6 Å². The number of hydrogen-bond donors (Lipinski definition) is 1. The number of aryl methyl sites for hydroxylation is 1. The number of carbonyl (C=O) groups is 1. The maximum absolute atomic E-state index is 12.2. The van der Waals surface area contributed by atoms with Crippen molar-refractivity contribution in [2.24, 2.45) is 11.8 Å². The first-order valence-electron chi connectivity index (χ1n) is 7.10. The third-order valence-corrected chi connectivity index (χ3v) is 4.72. The van der Waals surface area contributed by atoms with Crippen molar-refractivity contribution in [3.63, 3.8) is 0 Å². The first-order chi connectivity index (χ1) is 9.54. The second-order valence-electron chi connectivity index (χ2n) is 6.01. The van der Waals surface area contributed by atoms with Crippen LogP contribution >= 0.6 is 0 Å². The second-order valence-corrected chi connectivity index (χ2v) is 6.01. The fraction of sp³-hybridized carbons (Fsp3) is 0.533. The molecule has 2 bridgehead atoms. The maximum atomic E-state index is 12.2. The van der Waals surface area contributed by atoms with Crippen molar-refractivity contribution < 1.29 is 9.72 Å². The summed E-state index contributed by atoms with van der Waals surface area (Å²) >= 11 is 0. The van der Waals surface area contributed by atoms with Crippen molar-refractivity contribution in [1.82, 2.24) is 5.32 Å². The number of nitrogens with zero attached hydrogens (tertiary/aromatic N) is 1. The average Bonchev–Trinajstić information content (AvgIpc) is 3.01. The number of rotatable bonds is 3. The Hall–Kier alpha value is -1.91. The summed E-state index contributed by atoms with van der Waals surface area (Å²) in [5.41, 5.74) is 0.960. The molecule has 2 aliphatic carbocycles. The minimum atomic E-state index is -0.441. The molecule has 0 radical (unpaired) electrons. The highest BCUT2D eigenvalue weighted by molar-refractivity contribution is 5.95. The molecule has 1 aromatic rings. The number of benzene rings is 1. The van der Waals surface area contributed by atoms with Crippen molar-refractivity contribution in [1.29, 1.82) is 0 Å². The Kier molecular flexibility index (Phi) is 3.20. The Balaban J connectivity index is 1.74. The predicted molar refractivity (Wildman–Crippen MR) is 74.5 cm³/mol. The van der Waals surface area contributed by atoms with Crippen molar-refractivity contribution in [3.05, 3.63) is 39.4 Å². The summed E-state index contributed by atoms with van der Waals surface area (Å²) < 4.78 is 0. The van der Waals surface area contributed by atoms with Gasteiger partial charge in [-0.1, -0.05) is 12.5 Å². The largest absolute Gasteiger partial charge is 0.349 e. The Morgan fingerprint density at radius 2 is 2.15 bits per heavy atom. The van der Waals surface area contributed by atoms with Crippen LogP contribution in [0.25, 0.3) is 0 Å². The summed E-state index contributed by atoms with van der Waals surface area (Å²) in [7, 11) is 0. The molecule has 5 heteroatoms. The van der Waals surface area contributed by atoms with Gasteiger partial charge in [-0.25, -0.2) is 0 Å². The maximum Gasteiger partial charge on any atom is 0.273 e. The molecule has 1 amide bonds. The highest BCUT2D eigenvalue weighted by Gasteiger charge is 2.40. The highest BCUT2D eigenvalue weighted by Crippen LogP contribution is 2.44. The minimum absolute atomic E-state index is 0.00518. The van der Waals surface area contributed by atoms with E-state index >= 15 is 0 Å². The molecule has 20 heavy (non-hydrogen) atoms. The van der Waals surface area contributed by atoms with Gasteiger partial charge in [0.25, 0.3) is 11.6 Å². The summed E-state index contributed by atoms with van der Waals surface area (Å²) in [5, 5.41) is 14.0. The van der Waals surface area contributed by atoms with Gasteiger partial charge in [0.1, 0.15) is 0 Å². The van der Waals surface area contributed by atoms with E-state index in [4.69, 9.17) is 0 Å². The van der Waals surface area contributed by atoms with Crippen LogP contribution in [0.15, 0.2) is 18.2 Å². The number of carbonyl (C=O) groups excluding carboxylic acids is 1. The number of hydrogen-bond acceptors (Lipinski definition) is 3. The number of nitro benzene ring substituents is 1. The lowest BCUT2D eigenvalue weighted by molar-refractivity contribution is -0.385. The lowest BCUT2D eigenvalue weighted by Gasteiger charge is -2.22. The smallest absolute Gasteiger partial charge is 0.273 e. The summed E-state index contributed by atoms with van der Waals surface area (Å²) in [5.74, 6) is 1.17. The van der Waals surface area contributed by atoms with E-state index < -0.39 is 4.92 Å². The van der Waals surface area contributed by atoms with Gasteiger partial charge in [0, 0.05) is 23.2 Å². The van der Waals surface area contributed by atoms with E-state index in [1.54, 1.807) is 19.1 Å². The van der Waals surface area contributed by atoms with Crippen molar-refractivity contribution in [2.75, 3.05) is 0 Å². The van der Waals surface area contributed by atoms with Gasteiger partial charge in [-0.3, -0.25) is 14.9 Å². The van der Waals surface area contributed by atoms with Gasteiger partial charge in [0.2, 0.25) is 0 Å². The van der Waals surface area contributed by atoms with E-state index in [1.807, 2.05) is 0 Å². The molecule has 2 aliphatic rings. The predicted octanol–water partition coefficient (Wildman–Crippen LogP) is 2.82. The second kappa shape index (κ2) is 4.89. The van der Waals surface area contributed by atoms with E-state index in [9.17, 15) is 14.9 Å². The van der Waals surface area contributed by atoms with Crippen molar-refractivity contribution in [3.8, 4) is 0 Å². The SMILES string of the molecule is Cc1ccc(C(=O)N[C@@H]2C[C@H]3CC[C@H]2C3)cc1[N+](=O)[O-]. The Morgan fingerprint density at radius 1 is 1.35 bits per heavy atom. The van der Waals surface area contributed by atoms with E-state index in [2.05, 4.69) is 5.32 Å². The first kappa shape index (κ1) is 13.1. The molecule has 0 spiro atoms. The molecule has 2 saturated carbocycles. The lowest BCUT2D eigenvalue weighted by Crippen LogP contribution is -2.38. The molecule has 3 rings (SSSR count). The van der Waals surface area contributed by atoms with Crippen LogP contribution in [0, 0.1) is 28.9 Å². The molecule has 0 heterocycles. The average molecular weight is 274 g/mol. The molecule has 0 aromatic heterocycles. The van der Waals surface area contributed by atoms with Gasteiger partial charge in [-0.05, 0) is 44.1 Å². The molecule has 5 nitrogen and oxygen atoms in total. The highest BCUT2D eigenvalue weighted by atomic mass is 16.6. The minimum Gasteiger partial charge on any atom is -0.349 e. The third kappa shape index (κ3) is 2.28. The first-order valence-corrected chi connectivity index (χ1v) is 7.10. The summed E-state index contributed by atoms with van der Waals surface area (Å²) in [6.07, 6.45) is 4.76. The molecule has 1 aromatic carbocycles. The third-order valence-electron chi connectivity index (χ3n) is 4.72. The van der Waals surface area contributed by atoms with E-state index in [-0.39, 0.29) is 17.6 Å².